The van der Waals surface area contributed by atoms with E-state index < -0.39 is 0 Å². The molecule has 3 aromatic heterocycles. The molecule has 1 N–H and O–H groups in total. The molecule has 4 aromatic rings. The normalized spacial score (nSPS) is 14.8. The van der Waals surface area contributed by atoms with E-state index in [2.05, 4.69) is 25.4 Å². The molecule has 0 spiro atoms. The van der Waals surface area contributed by atoms with E-state index >= 15 is 0 Å². The molecule has 1 atom stereocenters. The number of nitrogens with one attached hydrogen (secondary N) is 1. The molecule has 4 heterocycles. The summed E-state index contributed by atoms with van der Waals surface area (Å²) in [4.78, 5) is 40.7. The summed E-state index contributed by atoms with van der Waals surface area (Å²) < 4.78 is 1.79. The fourth-order valence-electron chi connectivity index (χ4n) is 3.98. The maximum absolute atomic E-state index is 13.3. The van der Waals surface area contributed by atoms with Crippen LogP contribution in [0.4, 0.5) is 11.4 Å². The second kappa shape index (κ2) is 8.86. The van der Waals surface area contributed by atoms with Crippen molar-refractivity contribution in [3.05, 3.63) is 96.1 Å². The monoisotopic (exact) mass is 453 g/mol. The standard InChI is InChI=1S/C25H23N7O2/c1-16(2)32-15-28-23(30-32)20-14-31(25(34)21-7-3-4-11-27-21)22-9-8-17(12-19(20)22)24(33)29-18-6-5-10-26-13-18/h3-13,15-16,20H,14H2,1-2H3,(H,29,33). The van der Waals surface area contributed by atoms with Crippen LogP contribution >= 0.6 is 0 Å². The number of carbonyl (C=O) groups excluding carboxylic acids is 2. The summed E-state index contributed by atoms with van der Waals surface area (Å²) in [6.45, 7) is 4.41. The number of anilines is 2. The van der Waals surface area contributed by atoms with Gasteiger partial charge in [0.15, 0.2) is 5.82 Å². The molecule has 34 heavy (non-hydrogen) atoms. The molecular weight excluding hydrogens is 430 g/mol. The van der Waals surface area contributed by atoms with E-state index in [0.717, 1.165) is 11.3 Å². The Morgan fingerprint density at radius 3 is 2.65 bits per heavy atom. The van der Waals surface area contributed by atoms with Gasteiger partial charge in [0.05, 0.1) is 17.8 Å². The summed E-state index contributed by atoms with van der Waals surface area (Å²) in [5.74, 6) is -0.130. The second-order valence-electron chi connectivity index (χ2n) is 8.33. The third-order valence-electron chi connectivity index (χ3n) is 5.74. The number of hydrogen-bond donors (Lipinski definition) is 1. The molecule has 1 aliphatic rings. The van der Waals surface area contributed by atoms with E-state index in [1.807, 2.05) is 19.9 Å². The smallest absolute Gasteiger partial charge is 0.276 e. The first kappa shape index (κ1) is 21.4. The third-order valence-corrected chi connectivity index (χ3v) is 5.74. The maximum atomic E-state index is 13.3. The number of amides is 2. The number of nitrogens with zero attached hydrogens (tertiary/aromatic N) is 6. The predicted molar refractivity (Wildman–Crippen MR) is 127 cm³/mol. The molecule has 0 bridgehead atoms. The minimum atomic E-state index is -0.270. The number of aromatic nitrogens is 5. The zero-order chi connectivity index (χ0) is 23.7. The Kier molecular flexibility index (Phi) is 5.59. The van der Waals surface area contributed by atoms with Crippen molar-refractivity contribution in [3.63, 3.8) is 0 Å². The van der Waals surface area contributed by atoms with E-state index in [1.54, 1.807) is 77.0 Å². The molecule has 1 aliphatic heterocycles. The number of pyridine rings is 2. The highest BCUT2D eigenvalue weighted by atomic mass is 16.2. The van der Waals surface area contributed by atoms with Crippen molar-refractivity contribution in [2.45, 2.75) is 25.8 Å². The van der Waals surface area contributed by atoms with Crippen molar-refractivity contribution in [1.29, 1.82) is 0 Å². The molecule has 0 saturated carbocycles. The van der Waals surface area contributed by atoms with Crippen molar-refractivity contribution in [3.8, 4) is 0 Å². The number of carbonyl (C=O) groups is 2. The van der Waals surface area contributed by atoms with Crippen molar-refractivity contribution < 1.29 is 9.59 Å². The topological polar surface area (TPSA) is 106 Å². The minimum Gasteiger partial charge on any atom is -0.321 e. The molecule has 1 aromatic carbocycles. The molecule has 0 saturated heterocycles. The first-order valence-electron chi connectivity index (χ1n) is 11.0. The molecule has 9 nitrogen and oxygen atoms in total. The van der Waals surface area contributed by atoms with E-state index in [-0.39, 0.29) is 23.8 Å². The Labute approximate surface area is 196 Å². The van der Waals surface area contributed by atoms with Gasteiger partial charge in [0.1, 0.15) is 12.0 Å². The highest BCUT2D eigenvalue weighted by Crippen LogP contribution is 2.40. The molecule has 5 rings (SSSR count). The van der Waals surface area contributed by atoms with Gasteiger partial charge in [0.2, 0.25) is 0 Å². The molecule has 0 radical (unpaired) electrons. The van der Waals surface area contributed by atoms with Crippen LogP contribution in [0.2, 0.25) is 0 Å². The zero-order valence-electron chi connectivity index (χ0n) is 18.8. The average molecular weight is 454 g/mol. The van der Waals surface area contributed by atoms with E-state index in [1.165, 1.54) is 0 Å². The van der Waals surface area contributed by atoms with Gasteiger partial charge in [-0.05, 0) is 61.9 Å². The van der Waals surface area contributed by atoms with Crippen molar-refractivity contribution in [1.82, 2.24) is 24.7 Å². The maximum Gasteiger partial charge on any atom is 0.276 e. The van der Waals surface area contributed by atoms with Crippen LogP contribution in [0.3, 0.4) is 0 Å². The second-order valence-corrected chi connectivity index (χ2v) is 8.33. The zero-order valence-corrected chi connectivity index (χ0v) is 18.8. The van der Waals surface area contributed by atoms with Crippen LogP contribution in [0.25, 0.3) is 0 Å². The molecule has 0 aliphatic carbocycles. The van der Waals surface area contributed by atoms with Gasteiger partial charge in [-0.25, -0.2) is 4.98 Å². The highest BCUT2D eigenvalue weighted by Gasteiger charge is 2.37. The van der Waals surface area contributed by atoms with Crippen molar-refractivity contribution >= 4 is 23.2 Å². The van der Waals surface area contributed by atoms with E-state index in [0.29, 0.717) is 29.3 Å². The Balaban J connectivity index is 1.52. The number of hydrogen-bond acceptors (Lipinski definition) is 6. The summed E-state index contributed by atoms with van der Waals surface area (Å²) in [7, 11) is 0. The molecule has 0 fully saturated rings. The van der Waals surface area contributed by atoms with E-state index in [9.17, 15) is 9.59 Å². The van der Waals surface area contributed by atoms with Gasteiger partial charge in [-0.3, -0.25) is 24.2 Å². The van der Waals surface area contributed by atoms with Crippen LogP contribution in [0.5, 0.6) is 0 Å². The lowest BCUT2D eigenvalue weighted by Crippen LogP contribution is -2.30. The minimum absolute atomic E-state index is 0.157. The van der Waals surface area contributed by atoms with Crippen molar-refractivity contribution in [2.24, 2.45) is 0 Å². The summed E-state index contributed by atoms with van der Waals surface area (Å²) in [6, 6.07) is 14.3. The van der Waals surface area contributed by atoms with Crippen LogP contribution in [-0.2, 0) is 0 Å². The van der Waals surface area contributed by atoms with Crippen LogP contribution in [0, 0.1) is 0 Å². The largest absolute Gasteiger partial charge is 0.321 e. The predicted octanol–water partition coefficient (Wildman–Crippen LogP) is 3.69. The Bertz CT molecular complexity index is 1340. The summed E-state index contributed by atoms with van der Waals surface area (Å²) in [5.41, 5.74) is 2.98. The van der Waals surface area contributed by atoms with Crippen LogP contribution in [0.15, 0.2) is 73.4 Å². The lowest BCUT2D eigenvalue weighted by Gasteiger charge is -2.17. The summed E-state index contributed by atoms with van der Waals surface area (Å²) in [5, 5.41) is 7.50. The molecule has 2 amide bonds. The van der Waals surface area contributed by atoms with Gasteiger partial charge >= 0.3 is 0 Å². The fourth-order valence-corrected chi connectivity index (χ4v) is 3.98. The molecule has 1 unspecified atom stereocenters. The quantitative estimate of drug-likeness (QED) is 0.494. The summed E-state index contributed by atoms with van der Waals surface area (Å²) in [6.07, 6.45) is 6.53. The van der Waals surface area contributed by atoms with Gasteiger partial charge in [-0.1, -0.05) is 6.07 Å². The molecule has 170 valence electrons. The van der Waals surface area contributed by atoms with Crippen LogP contribution in [0.1, 0.15) is 58.0 Å². The van der Waals surface area contributed by atoms with Crippen molar-refractivity contribution in [2.75, 3.05) is 16.8 Å². The lowest BCUT2D eigenvalue weighted by molar-refractivity contribution is 0.0982. The fraction of sp³-hybridized carbons (Fsp3) is 0.200. The van der Waals surface area contributed by atoms with Crippen LogP contribution < -0.4 is 10.2 Å². The van der Waals surface area contributed by atoms with E-state index in [4.69, 9.17) is 0 Å². The first-order valence-corrected chi connectivity index (χ1v) is 11.0. The summed E-state index contributed by atoms with van der Waals surface area (Å²) >= 11 is 0. The molecule has 9 heteroatoms. The molecular formula is C25H23N7O2. The average Bonchev–Trinajstić information content (AvgIpc) is 3.50. The van der Waals surface area contributed by atoms with Crippen LogP contribution in [-0.4, -0.2) is 43.1 Å². The first-order chi connectivity index (χ1) is 16.5. The third kappa shape index (κ3) is 4.03. The van der Waals surface area contributed by atoms with Gasteiger partial charge in [-0.15, -0.1) is 0 Å². The Morgan fingerprint density at radius 2 is 1.94 bits per heavy atom. The van der Waals surface area contributed by atoms with Gasteiger partial charge < -0.3 is 10.2 Å². The Morgan fingerprint density at radius 1 is 1.06 bits per heavy atom. The SMILES string of the molecule is CC(C)n1cnc(C2CN(C(=O)c3ccccn3)c3ccc(C(=O)Nc4cccnc4)cc32)n1. The van der Waals surface area contributed by atoms with Gasteiger partial charge in [0, 0.05) is 36.2 Å². The van der Waals surface area contributed by atoms with Gasteiger partial charge in [-0.2, -0.15) is 5.10 Å². The van der Waals surface area contributed by atoms with Gasteiger partial charge in [0.25, 0.3) is 11.8 Å². The number of benzene rings is 1. The lowest BCUT2D eigenvalue weighted by atomic mass is 9.98. The number of fused-ring (bicyclic) bond motifs is 1. The highest BCUT2D eigenvalue weighted by molar-refractivity contribution is 6.08. The number of rotatable bonds is 5. The Hall–Kier alpha value is -4.40.